The molecule has 1 N–H and O–H groups in total. The van der Waals surface area contributed by atoms with Gasteiger partial charge in [-0.2, -0.15) is 0 Å². The molecule has 0 aliphatic rings. The van der Waals surface area contributed by atoms with Crippen LogP contribution in [0.2, 0.25) is 0 Å². The van der Waals surface area contributed by atoms with Crippen LogP contribution in [0.25, 0.3) is 10.9 Å². The normalized spacial score (nSPS) is 12.1. The Bertz CT molecular complexity index is 675. The molecule has 2 aromatic rings. The van der Waals surface area contributed by atoms with Crippen LogP contribution in [-0.2, 0) is 0 Å². The fraction of sp³-hybridized carbons (Fsp3) is 0.429. The fourth-order valence-corrected chi connectivity index (χ4v) is 2.20. The van der Waals surface area contributed by atoms with E-state index in [1.54, 1.807) is 18.7 Å². The summed E-state index contributed by atoms with van der Waals surface area (Å²) in [6.07, 6.45) is 5.27. The number of halogens is 1. The molecule has 0 aliphatic carbocycles. The zero-order valence-electron chi connectivity index (χ0n) is 12.8. The highest BCUT2D eigenvalue weighted by atomic mass is 127. The lowest BCUT2D eigenvalue weighted by Gasteiger charge is -2.20. The molecule has 0 spiro atoms. The van der Waals surface area contributed by atoms with Gasteiger partial charge in [-0.25, -0.2) is 19.9 Å². The van der Waals surface area contributed by atoms with Gasteiger partial charge in [-0.05, 0) is 43.4 Å². The van der Waals surface area contributed by atoms with Crippen molar-refractivity contribution in [2.45, 2.75) is 26.3 Å². The number of rotatable bonds is 3. The Morgan fingerprint density at radius 3 is 2.57 bits per heavy atom. The van der Waals surface area contributed by atoms with E-state index in [2.05, 4.69) is 68.6 Å². The molecule has 0 fully saturated rings. The molecular formula is C14H19IN6. The lowest BCUT2D eigenvalue weighted by Crippen LogP contribution is -2.27. The number of aromatic nitrogens is 3. The lowest BCUT2D eigenvalue weighted by atomic mass is 10.1. The highest BCUT2D eigenvalue weighted by Gasteiger charge is 2.13. The van der Waals surface area contributed by atoms with E-state index in [-0.39, 0.29) is 5.54 Å². The molecule has 21 heavy (non-hydrogen) atoms. The monoisotopic (exact) mass is 398 g/mol. The van der Waals surface area contributed by atoms with Gasteiger partial charge in [-0.3, -0.25) is 0 Å². The highest BCUT2D eigenvalue weighted by molar-refractivity contribution is 14.1. The Labute approximate surface area is 138 Å². The summed E-state index contributed by atoms with van der Waals surface area (Å²) >= 11 is 2.23. The van der Waals surface area contributed by atoms with Crippen molar-refractivity contribution in [1.82, 2.24) is 19.9 Å². The smallest absolute Gasteiger partial charge is 0.223 e. The minimum absolute atomic E-state index is 0.0853. The highest BCUT2D eigenvalue weighted by Crippen LogP contribution is 2.26. The summed E-state index contributed by atoms with van der Waals surface area (Å²) < 4.78 is 0.978. The first kappa shape index (κ1) is 15.9. The van der Waals surface area contributed by atoms with E-state index in [9.17, 15) is 0 Å². The first-order valence-corrected chi connectivity index (χ1v) is 7.64. The van der Waals surface area contributed by atoms with Crippen LogP contribution in [0.4, 0.5) is 11.8 Å². The van der Waals surface area contributed by atoms with Crippen molar-refractivity contribution in [3.8, 4) is 0 Å². The number of nitrogens with one attached hydrogen (secondary N) is 1. The van der Waals surface area contributed by atoms with Crippen molar-refractivity contribution < 1.29 is 0 Å². The van der Waals surface area contributed by atoms with Gasteiger partial charge in [0.25, 0.3) is 0 Å². The molecule has 0 atom stereocenters. The predicted octanol–water partition coefficient (Wildman–Crippen LogP) is 3.06. The zero-order chi connectivity index (χ0) is 15.6. The van der Waals surface area contributed by atoms with Crippen LogP contribution in [0, 0.1) is 3.57 Å². The number of aliphatic imine (C=N–C) groups is 1. The van der Waals surface area contributed by atoms with Gasteiger partial charge in [-0.1, -0.05) is 0 Å². The maximum absolute atomic E-state index is 4.59. The Morgan fingerprint density at radius 2 is 1.95 bits per heavy atom. The second kappa shape index (κ2) is 6.08. The summed E-state index contributed by atoms with van der Waals surface area (Å²) in [5.74, 6) is 1.24. The van der Waals surface area contributed by atoms with Crippen molar-refractivity contribution >= 4 is 51.6 Å². The van der Waals surface area contributed by atoms with Gasteiger partial charge in [0.05, 0.1) is 20.8 Å². The summed E-state index contributed by atoms with van der Waals surface area (Å²) in [6, 6.07) is 0. The van der Waals surface area contributed by atoms with Crippen LogP contribution in [0.1, 0.15) is 20.8 Å². The van der Waals surface area contributed by atoms with Crippen molar-refractivity contribution in [2.75, 3.05) is 19.4 Å². The number of hydrogen-bond donors (Lipinski definition) is 1. The van der Waals surface area contributed by atoms with Gasteiger partial charge in [0, 0.05) is 32.0 Å². The number of anilines is 1. The number of hydrogen-bond acceptors (Lipinski definition) is 5. The molecule has 0 saturated heterocycles. The van der Waals surface area contributed by atoms with Gasteiger partial charge >= 0.3 is 0 Å². The van der Waals surface area contributed by atoms with Crippen molar-refractivity contribution in [3.05, 3.63) is 16.0 Å². The van der Waals surface area contributed by atoms with E-state index in [1.165, 1.54) is 0 Å². The lowest BCUT2D eigenvalue weighted by molar-refractivity contribution is 0.626. The van der Waals surface area contributed by atoms with E-state index in [1.807, 2.05) is 19.0 Å². The summed E-state index contributed by atoms with van der Waals surface area (Å²) in [4.78, 5) is 19.5. The first-order valence-electron chi connectivity index (χ1n) is 6.56. The first-order chi connectivity index (χ1) is 9.76. The van der Waals surface area contributed by atoms with Crippen molar-refractivity contribution in [3.63, 3.8) is 0 Å². The number of pyridine rings is 1. The molecule has 0 aliphatic heterocycles. The maximum Gasteiger partial charge on any atom is 0.223 e. The molecule has 6 nitrogen and oxygen atoms in total. The van der Waals surface area contributed by atoms with Gasteiger partial charge in [0.2, 0.25) is 5.95 Å². The average Bonchev–Trinajstić information content (AvgIpc) is 2.36. The van der Waals surface area contributed by atoms with Gasteiger partial charge < -0.3 is 10.2 Å². The van der Waals surface area contributed by atoms with Crippen LogP contribution < -0.4 is 5.32 Å². The molecule has 0 amide bonds. The molecule has 112 valence electrons. The van der Waals surface area contributed by atoms with Crippen LogP contribution >= 0.6 is 22.6 Å². The Morgan fingerprint density at radius 1 is 1.24 bits per heavy atom. The standard InChI is InChI=1S/C14H19IN6/c1-14(2,3)20-13-17-6-9-11(19-13)10(15)7-16-12(9)18-8-21(4)5/h6-8H,1-5H3,(H,17,19,20)/b18-8-. The Balaban J connectivity index is 2.50. The van der Waals surface area contributed by atoms with Gasteiger partial charge in [0.1, 0.15) is 0 Å². The molecule has 0 radical (unpaired) electrons. The van der Waals surface area contributed by atoms with E-state index in [4.69, 9.17) is 0 Å². The van der Waals surface area contributed by atoms with Crippen LogP contribution in [-0.4, -0.2) is 45.8 Å². The summed E-state index contributed by atoms with van der Waals surface area (Å²) in [7, 11) is 3.83. The van der Waals surface area contributed by atoms with Crippen LogP contribution in [0.5, 0.6) is 0 Å². The summed E-state index contributed by atoms with van der Waals surface area (Å²) in [5.41, 5.74) is 0.774. The molecule has 0 bridgehead atoms. The molecule has 0 unspecified atom stereocenters. The van der Waals surface area contributed by atoms with E-state index in [0.717, 1.165) is 14.5 Å². The Kier molecular flexibility index (Phi) is 4.60. The molecule has 2 rings (SSSR count). The van der Waals surface area contributed by atoms with E-state index < -0.39 is 0 Å². The minimum Gasteiger partial charge on any atom is -0.369 e. The number of fused-ring (bicyclic) bond motifs is 1. The van der Waals surface area contributed by atoms with Gasteiger partial charge in [0.15, 0.2) is 5.82 Å². The minimum atomic E-state index is -0.0853. The second-order valence-electron chi connectivity index (χ2n) is 5.97. The average molecular weight is 398 g/mol. The maximum atomic E-state index is 4.59. The third-order valence-corrected chi connectivity index (χ3v) is 3.24. The molecule has 2 heterocycles. The van der Waals surface area contributed by atoms with Crippen LogP contribution in [0.3, 0.4) is 0 Å². The molecule has 0 aromatic carbocycles. The molecule has 2 aromatic heterocycles. The quantitative estimate of drug-likeness (QED) is 0.489. The third kappa shape index (κ3) is 4.23. The fourth-order valence-electron chi connectivity index (χ4n) is 1.64. The van der Waals surface area contributed by atoms with Crippen LogP contribution in [0.15, 0.2) is 17.4 Å². The zero-order valence-corrected chi connectivity index (χ0v) is 15.0. The van der Waals surface area contributed by atoms with E-state index in [0.29, 0.717) is 11.8 Å². The Hall–Kier alpha value is -1.51. The molecule has 7 heteroatoms. The van der Waals surface area contributed by atoms with E-state index >= 15 is 0 Å². The summed E-state index contributed by atoms with van der Waals surface area (Å²) in [6.45, 7) is 6.22. The number of nitrogens with zero attached hydrogens (tertiary/aromatic N) is 5. The van der Waals surface area contributed by atoms with Crippen molar-refractivity contribution in [1.29, 1.82) is 0 Å². The molecule has 0 saturated carbocycles. The topological polar surface area (TPSA) is 66.3 Å². The largest absolute Gasteiger partial charge is 0.369 e. The SMILES string of the molecule is CN(C)/C=N\c1ncc(I)c2nc(NC(C)(C)C)ncc12. The second-order valence-corrected chi connectivity index (χ2v) is 7.13. The summed E-state index contributed by atoms with van der Waals surface area (Å²) in [5, 5.41) is 4.12. The third-order valence-electron chi connectivity index (χ3n) is 2.45. The van der Waals surface area contributed by atoms with Crippen molar-refractivity contribution in [2.24, 2.45) is 4.99 Å². The molecular weight excluding hydrogens is 379 g/mol. The predicted molar refractivity (Wildman–Crippen MR) is 95.3 cm³/mol. The van der Waals surface area contributed by atoms with Gasteiger partial charge in [-0.15, -0.1) is 0 Å².